The van der Waals surface area contributed by atoms with E-state index in [-0.39, 0.29) is 12.3 Å². The number of hydrogen-bond acceptors (Lipinski definition) is 8. The van der Waals surface area contributed by atoms with Crippen LogP contribution in [-0.4, -0.2) is 86.4 Å². The van der Waals surface area contributed by atoms with E-state index in [1.54, 1.807) is 13.8 Å². The highest BCUT2D eigenvalue weighted by atomic mass is 16.5. The van der Waals surface area contributed by atoms with Gasteiger partial charge in [0.1, 0.15) is 24.4 Å². The summed E-state index contributed by atoms with van der Waals surface area (Å²) in [6, 6.07) is -2.41. The van der Waals surface area contributed by atoms with Crippen LogP contribution in [0.1, 0.15) is 27.2 Å². The van der Waals surface area contributed by atoms with E-state index >= 15 is 0 Å². The van der Waals surface area contributed by atoms with Crippen molar-refractivity contribution in [3.05, 3.63) is 11.8 Å². The molecule has 6 atom stereocenters. The summed E-state index contributed by atoms with van der Waals surface area (Å²) in [5.74, 6) is -3.25. The quantitative estimate of drug-likeness (QED) is 0.217. The zero-order valence-corrected chi connectivity index (χ0v) is 15.9. The van der Waals surface area contributed by atoms with E-state index in [0.29, 0.717) is 0 Å². The second-order valence-corrected chi connectivity index (χ2v) is 7.06. The van der Waals surface area contributed by atoms with Crippen molar-refractivity contribution in [3.63, 3.8) is 0 Å². The molecule has 0 saturated carbocycles. The first-order chi connectivity index (χ1) is 13.0. The van der Waals surface area contributed by atoms with Crippen molar-refractivity contribution < 1.29 is 44.7 Å². The highest BCUT2D eigenvalue weighted by Crippen LogP contribution is 2.23. The molecule has 0 fully saturated rings. The summed E-state index contributed by atoms with van der Waals surface area (Å²) in [6.07, 6.45) is -5.24. The molecule has 0 saturated heterocycles. The number of carbonyl (C=O) groups is 3. The first-order valence-corrected chi connectivity index (χ1v) is 8.82. The van der Waals surface area contributed by atoms with Crippen LogP contribution in [0.2, 0.25) is 0 Å². The Morgan fingerprint density at radius 2 is 1.86 bits per heavy atom. The van der Waals surface area contributed by atoms with E-state index in [9.17, 15) is 34.8 Å². The van der Waals surface area contributed by atoms with Crippen molar-refractivity contribution in [2.45, 2.75) is 63.7 Å². The van der Waals surface area contributed by atoms with Crippen molar-refractivity contribution in [1.82, 2.24) is 10.6 Å². The summed E-state index contributed by atoms with van der Waals surface area (Å²) < 4.78 is 5.36. The first-order valence-electron chi connectivity index (χ1n) is 8.82. The number of aliphatic carboxylic acids is 1. The number of carbonyl (C=O) groups excluding carboxylic acids is 2. The minimum atomic E-state index is -1.75. The standard InChI is InChI=1S/C17H28N2O9/c1-7(2)4-9(17(26)27)19-16(25)12-5-10(22)13(18-8(3)21)15(28-12)14(24)11(23)6-20/h5,7,9-11,13-15,20,22-24H,4,6H2,1-3H3,(H,18,21)(H,19,25)(H,26,27)/t9-,10-,11+,13+,14+,15+/m0/s1. The molecular formula is C17H28N2O9. The van der Waals surface area contributed by atoms with Crippen LogP contribution in [0.15, 0.2) is 11.8 Å². The second kappa shape index (κ2) is 10.4. The number of hydrogen-bond donors (Lipinski definition) is 7. The molecule has 0 bridgehead atoms. The molecule has 28 heavy (non-hydrogen) atoms. The number of nitrogens with one attached hydrogen (secondary N) is 2. The minimum Gasteiger partial charge on any atom is -0.480 e. The maximum atomic E-state index is 12.4. The van der Waals surface area contributed by atoms with Gasteiger partial charge in [0.25, 0.3) is 5.91 Å². The SMILES string of the molecule is CC(=O)N[C@H]1[C@H]([C@H](O)[C@H](O)CO)OC(C(=O)N[C@@H](CC(C)C)C(=O)O)=C[C@@H]1O. The summed E-state index contributed by atoms with van der Waals surface area (Å²) in [4.78, 5) is 35.1. The smallest absolute Gasteiger partial charge is 0.326 e. The van der Waals surface area contributed by atoms with Crippen LogP contribution in [0.4, 0.5) is 0 Å². The fraction of sp³-hybridized carbons (Fsp3) is 0.706. The Bertz CT molecular complexity index is 607. The Hall–Kier alpha value is -2.21. The van der Waals surface area contributed by atoms with Gasteiger partial charge in [0.15, 0.2) is 11.9 Å². The zero-order valence-electron chi connectivity index (χ0n) is 15.9. The largest absolute Gasteiger partial charge is 0.480 e. The Balaban J connectivity index is 3.07. The predicted octanol–water partition coefficient (Wildman–Crippen LogP) is -2.54. The summed E-state index contributed by atoms with van der Waals surface area (Å²) in [6.45, 7) is 3.89. The third-order valence-corrected chi connectivity index (χ3v) is 4.13. The van der Waals surface area contributed by atoms with Crippen LogP contribution in [0, 0.1) is 5.92 Å². The summed E-state index contributed by atoms with van der Waals surface area (Å²) in [5, 5.41) is 53.0. The fourth-order valence-electron chi connectivity index (χ4n) is 2.78. The van der Waals surface area contributed by atoms with E-state index in [1.807, 2.05) is 0 Å². The molecule has 0 aromatic carbocycles. The molecule has 0 aromatic heterocycles. The summed E-state index contributed by atoms with van der Waals surface area (Å²) >= 11 is 0. The van der Waals surface area contributed by atoms with Gasteiger partial charge in [-0.25, -0.2) is 4.79 Å². The topological polar surface area (TPSA) is 186 Å². The lowest BCUT2D eigenvalue weighted by atomic mass is 9.93. The molecular weight excluding hydrogens is 376 g/mol. The van der Waals surface area contributed by atoms with Gasteiger partial charge in [0.2, 0.25) is 5.91 Å². The van der Waals surface area contributed by atoms with Gasteiger partial charge in [-0.1, -0.05) is 13.8 Å². The van der Waals surface area contributed by atoms with Gasteiger partial charge in [-0.3, -0.25) is 9.59 Å². The van der Waals surface area contributed by atoms with Crippen LogP contribution in [0.5, 0.6) is 0 Å². The number of ether oxygens (including phenoxy) is 1. The Labute approximate surface area is 162 Å². The van der Waals surface area contributed by atoms with Gasteiger partial charge in [0.05, 0.1) is 12.6 Å². The Morgan fingerprint density at radius 3 is 2.32 bits per heavy atom. The molecule has 2 amide bonds. The van der Waals surface area contributed by atoms with Crippen molar-refractivity contribution in [3.8, 4) is 0 Å². The number of aliphatic hydroxyl groups is 4. The van der Waals surface area contributed by atoms with Gasteiger partial charge in [0, 0.05) is 6.92 Å². The molecule has 0 radical (unpaired) electrons. The highest BCUT2D eigenvalue weighted by molar-refractivity contribution is 5.94. The predicted molar refractivity (Wildman–Crippen MR) is 94.7 cm³/mol. The van der Waals surface area contributed by atoms with Crippen LogP contribution in [-0.2, 0) is 19.1 Å². The third kappa shape index (κ3) is 6.44. The Kier molecular flexibility index (Phi) is 8.82. The van der Waals surface area contributed by atoms with E-state index < -0.39 is 66.6 Å². The lowest BCUT2D eigenvalue weighted by Crippen LogP contribution is -2.60. The molecule has 11 nitrogen and oxygen atoms in total. The average Bonchev–Trinajstić information content (AvgIpc) is 2.60. The molecule has 0 spiro atoms. The molecule has 11 heteroatoms. The van der Waals surface area contributed by atoms with Crippen molar-refractivity contribution in [2.24, 2.45) is 5.92 Å². The van der Waals surface area contributed by atoms with Crippen LogP contribution in [0.3, 0.4) is 0 Å². The second-order valence-electron chi connectivity index (χ2n) is 7.06. The summed E-state index contributed by atoms with van der Waals surface area (Å²) in [7, 11) is 0. The normalized spacial score (nSPS) is 25.1. The van der Waals surface area contributed by atoms with Crippen molar-refractivity contribution in [2.75, 3.05) is 6.61 Å². The fourth-order valence-corrected chi connectivity index (χ4v) is 2.78. The lowest BCUT2D eigenvalue weighted by Gasteiger charge is -2.38. The van der Waals surface area contributed by atoms with Crippen LogP contribution < -0.4 is 10.6 Å². The van der Waals surface area contributed by atoms with E-state index in [0.717, 1.165) is 13.0 Å². The number of carboxylic acids is 1. The van der Waals surface area contributed by atoms with E-state index in [2.05, 4.69) is 10.6 Å². The lowest BCUT2D eigenvalue weighted by molar-refractivity contribution is -0.145. The van der Waals surface area contributed by atoms with Crippen molar-refractivity contribution >= 4 is 17.8 Å². The number of amides is 2. The number of rotatable bonds is 9. The first kappa shape index (κ1) is 23.8. The van der Waals surface area contributed by atoms with E-state index in [4.69, 9.17) is 9.84 Å². The highest BCUT2D eigenvalue weighted by Gasteiger charge is 2.43. The van der Waals surface area contributed by atoms with Gasteiger partial charge < -0.3 is 40.9 Å². The van der Waals surface area contributed by atoms with Gasteiger partial charge in [-0.05, 0) is 18.4 Å². The van der Waals surface area contributed by atoms with Crippen LogP contribution in [0.25, 0.3) is 0 Å². The molecule has 1 aliphatic heterocycles. The monoisotopic (exact) mass is 404 g/mol. The average molecular weight is 404 g/mol. The zero-order chi connectivity index (χ0) is 21.6. The van der Waals surface area contributed by atoms with Gasteiger partial charge in [-0.2, -0.15) is 0 Å². The molecule has 1 rings (SSSR count). The molecule has 0 aliphatic carbocycles. The van der Waals surface area contributed by atoms with Gasteiger partial charge in [-0.15, -0.1) is 0 Å². The Morgan fingerprint density at radius 1 is 1.25 bits per heavy atom. The molecule has 1 aliphatic rings. The van der Waals surface area contributed by atoms with Crippen LogP contribution >= 0.6 is 0 Å². The maximum Gasteiger partial charge on any atom is 0.326 e. The van der Waals surface area contributed by atoms with Gasteiger partial charge >= 0.3 is 5.97 Å². The maximum absolute atomic E-state index is 12.4. The van der Waals surface area contributed by atoms with Crippen molar-refractivity contribution in [1.29, 1.82) is 0 Å². The molecule has 0 unspecified atom stereocenters. The third-order valence-electron chi connectivity index (χ3n) is 4.13. The molecule has 0 aromatic rings. The molecule has 1 heterocycles. The molecule has 7 N–H and O–H groups in total. The van der Waals surface area contributed by atoms with E-state index in [1.165, 1.54) is 0 Å². The number of carboxylic acid groups (broad SMARTS) is 1. The number of aliphatic hydroxyl groups excluding tert-OH is 4. The molecule has 160 valence electrons. The summed E-state index contributed by atoms with van der Waals surface area (Å²) in [5.41, 5.74) is 0. The minimum absolute atomic E-state index is 0.0216.